The van der Waals surface area contributed by atoms with Gasteiger partial charge in [-0.05, 0) is 26.0 Å². The summed E-state index contributed by atoms with van der Waals surface area (Å²) in [6.45, 7) is 3.62. The number of hydrogen-bond donors (Lipinski definition) is 1. The Kier molecular flexibility index (Phi) is 3.29. The molecular weight excluding hydrogens is 192 g/mol. The largest absolute Gasteiger partial charge is 0.490 e. The average molecular weight is 204 g/mol. The first-order valence-corrected chi connectivity index (χ1v) is 4.58. The fraction of sp³-hybridized carbons (Fsp3) is 0.273. The predicted octanol–water partition coefficient (Wildman–Crippen LogP) is 1.74. The minimum absolute atomic E-state index is 0.141. The fourth-order valence-corrected chi connectivity index (χ4v) is 1.29. The topological polar surface area (TPSA) is 76.1 Å². The van der Waals surface area contributed by atoms with Crippen molar-refractivity contribution in [1.82, 2.24) is 0 Å². The van der Waals surface area contributed by atoms with Crippen molar-refractivity contribution in [2.45, 2.75) is 13.8 Å². The number of Topliss-reactive ketones (excluding diaryl/α,β-unsaturated/α-hetero) is 1. The number of nitrogen functional groups attached to an aromatic ring is 1. The van der Waals surface area contributed by atoms with Gasteiger partial charge in [-0.25, -0.2) is 0 Å². The average Bonchev–Trinajstić information content (AvgIpc) is 2.20. The summed E-state index contributed by atoms with van der Waals surface area (Å²) < 4.78 is 5.25. The lowest BCUT2D eigenvalue weighted by Gasteiger charge is -2.11. The Balaban J connectivity index is 3.37. The summed E-state index contributed by atoms with van der Waals surface area (Å²) in [7, 11) is 0. The second-order valence-electron chi connectivity index (χ2n) is 3.00. The van der Waals surface area contributed by atoms with Crippen molar-refractivity contribution in [3.8, 4) is 11.8 Å². The molecule has 2 N–H and O–H groups in total. The van der Waals surface area contributed by atoms with E-state index in [4.69, 9.17) is 15.7 Å². The molecule has 0 radical (unpaired) electrons. The second-order valence-corrected chi connectivity index (χ2v) is 3.00. The molecule has 0 aliphatic heterocycles. The number of ether oxygens (including phenoxy) is 1. The molecule has 0 aliphatic carbocycles. The van der Waals surface area contributed by atoms with E-state index in [0.717, 1.165) is 0 Å². The molecule has 15 heavy (non-hydrogen) atoms. The molecule has 0 aliphatic rings. The Morgan fingerprint density at radius 3 is 2.73 bits per heavy atom. The summed E-state index contributed by atoms with van der Waals surface area (Å²) in [5.41, 5.74) is 6.72. The third-order valence-electron chi connectivity index (χ3n) is 1.98. The molecule has 1 aromatic carbocycles. The number of rotatable bonds is 3. The zero-order valence-electron chi connectivity index (χ0n) is 8.70. The van der Waals surface area contributed by atoms with E-state index in [9.17, 15) is 4.79 Å². The molecule has 0 heterocycles. The van der Waals surface area contributed by atoms with E-state index in [1.165, 1.54) is 13.0 Å². The van der Waals surface area contributed by atoms with Crippen LogP contribution in [0.4, 0.5) is 5.69 Å². The van der Waals surface area contributed by atoms with Crippen LogP contribution >= 0.6 is 0 Å². The normalized spacial score (nSPS) is 9.40. The standard InChI is InChI=1S/C11H12N2O2/c1-3-15-11-8(6-12)4-5-9(7(2)14)10(11)13/h4-5H,3,13H2,1-2H3. The first kappa shape index (κ1) is 11.1. The number of carbonyl (C=O) groups is 1. The molecule has 0 fully saturated rings. The van der Waals surface area contributed by atoms with Gasteiger partial charge >= 0.3 is 0 Å². The number of nitriles is 1. The number of anilines is 1. The van der Waals surface area contributed by atoms with Crippen molar-refractivity contribution >= 4 is 11.5 Å². The van der Waals surface area contributed by atoms with Crippen molar-refractivity contribution < 1.29 is 9.53 Å². The van der Waals surface area contributed by atoms with Gasteiger partial charge in [-0.2, -0.15) is 5.26 Å². The first-order valence-electron chi connectivity index (χ1n) is 4.58. The van der Waals surface area contributed by atoms with Gasteiger partial charge in [-0.15, -0.1) is 0 Å². The Morgan fingerprint density at radius 2 is 2.27 bits per heavy atom. The molecule has 0 aromatic heterocycles. The highest BCUT2D eigenvalue weighted by Gasteiger charge is 2.14. The van der Waals surface area contributed by atoms with Gasteiger partial charge < -0.3 is 10.5 Å². The molecular formula is C11H12N2O2. The van der Waals surface area contributed by atoms with Crippen molar-refractivity contribution in [3.63, 3.8) is 0 Å². The van der Waals surface area contributed by atoms with Crippen molar-refractivity contribution in [1.29, 1.82) is 5.26 Å². The van der Waals surface area contributed by atoms with E-state index in [1.807, 2.05) is 6.07 Å². The summed E-state index contributed by atoms with van der Waals surface area (Å²) in [6.07, 6.45) is 0. The minimum Gasteiger partial charge on any atom is -0.490 e. The Hall–Kier alpha value is -2.02. The highest BCUT2D eigenvalue weighted by Crippen LogP contribution is 2.29. The van der Waals surface area contributed by atoms with Gasteiger partial charge in [0.25, 0.3) is 0 Å². The van der Waals surface area contributed by atoms with Gasteiger partial charge in [0.05, 0.1) is 17.9 Å². The molecule has 1 aromatic rings. The zero-order chi connectivity index (χ0) is 11.4. The summed E-state index contributed by atoms with van der Waals surface area (Å²) in [6, 6.07) is 5.05. The number of carbonyl (C=O) groups excluding carboxylic acids is 1. The lowest BCUT2D eigenvalue weighted by atomic mass is 10.1. The number of benzene rings is 1. The van der Waals surface area contributed by atoms with Gasteiger partial charge in [0.15, 0.2) is 11.5 Å². The van der Waals surface area contributed by atoms with E-state index in [-0.39, 0.29) is 11.5 Å². The molecule has 1 rings (SSSR count). The molecule has 0 spiro atoms. The monoisotopic (exact) mass is 204 g/mol. The molecule has 78 valence electrons. The highest BCUT2D eigenvalue weighted by atomic mass is 16.5. The third-order valence-corrected chi connectivity index (χ3v) is 1.98. The minimum atomic E-state index is -0.141. The van der Waals surface area contributed by atoms with Crippen molar-refractivity contribution in [3.05, 3.63) is 23.3 Å². The number of hydrogen-bond acceptors (Lipinski definition) is 4. The Labute approximate surface area is 88.3 Å². The van der Waals surface area contributed by atoms with E-state index in [1.54, 1.807) is 13.0 Å². The molecule has 0 atom stereocenters. The van der Waals surface area contributed by atoms with Crippen LogP contribution in [0, 0.1) is 11.3 Å². The van der Waals surface area contributed by atoms with Gasteiger partial charge in [-0.3, -0.25) is 4.79 Å². The Bertz CT molecular complexity index is 433. The maximum absolute atomic E-state index is 11.2. The van der Waals surface area contributed by atoms with Gasteiger partial charge in [0.2, 0.25) is 0 Å². The van der Waals surface area contributed by atoms with Crippen LogP contribution in [0.25, 0.3) is 0 Å². The Morgan fingerprint density at radius 1 is 1.60 bits per heavy atom. The van der Waals surface area contributed by atoms with Crippen LogP contribution in [0.5, 0.6) is 5.75 Å². The number of nitrogens with two attached hydrogens (primary N) is 1. The number of nitrogens with zero attached hydrogens (tertiary/aromatic N) is 1. The molecule has 0 saturated carbocycles. The summed E-state index contributed by atoms with van der Waals surface area (Å²) in [5, 5.41) is 8.83. The van der Waals surface area contributed by atoms with E-state index >= 15 is 0 Å². The summed E-state index contributed by atoms with van der Waals surface area (Å²) in [4.78, 5) is 11.2. The predicted molar refractivity (Wildman–Crippen MR) is 56.7 cm³/mol. The van der Waals surface area contributed by atoms with Gasteiger partial charge in [-0.1, -0.05) is 0 Å². The molecule has 4 nitrogen and oxygen atoms in total. The van der Waals surface area contributed by atoms with Crippen LogP contribution in [0.15, 0.2) is 12.1 Å². The molecule has 0 saturated heterocycles. The van der Waals surface area contributed by atoms with Crippen LogP contribution in [-0.2, 0) is 0 Å². The van der Waals surface area contributed by atoms with Crippen LogP contribution in [0.2, 0.25) is 0 Å². The maximum atomic E-state index is 11.2. The maximum Gasteiger partial charge on any atom is 0.162 e. The van der Waals surface area contributed by atoms with Crippen LogP contribution < -0.4 is 10.5 Å². The van der Waals surface area contributed by atoms with E-state index < -0.39 is 0 Å². The smallest absolute Gasteiger partial charge is 0.162 e. The fourth-order valence-electron chi connectivity index (χ4n) is 1.29. The summed E-state index contributed by atoms with van der Waals surface area (Å²) >= 11 is 0. The van der Waals surface area contributed by atoms with Crippen molar-refractivity contribution in [2.24, 2.45) is 0 Å². The highest BCUT2D eigenvalue weighted by molar-refractivity contribution is 6.00. The molecule has 4 heteroatoms. The van der Waals surface area contributed by atoms with Crippen LogP contribution in [0.3, 0.4) is 0 Å². The van der Waals surface area contributed by atoms with Gasteiger partial charge in [0, 0.05) is 5.56 Å². The quantitative estimate of drug-likeness (QED) is 0.601. The third kappa shape index (κ3) is 2.08. The lowest BCUT2D eigenvalue weighted by molar-refractivity contribution is 0.101. The lowest BCUT2D eigenvalue weighted by Crippen LogP contribution is -2.05. The van der Waals surface area contributed by atoms with Gasteiger partial charge in [0.1, 0.15) is 6.07 Å². The van der Waals surface area contributed by atoms with E-state index in [0.29, 0.717) is 23.5 Å². The van der Waals surface area contributed by atoms with Crippen LogP contribution in [0.1, 0.15) is 29.8 Å². The van der Waals surface area contributed by atoms with E-state index in [2.05, 4.69) is 0 Å². The molecule has 0 bridgehead atoms. The first-order chi connectivity index (χ1) is 7.11. The summed E-state index contributed by atoms with van der Waals surface area (Å²) in [5.74, 6) is 0.158. The SMILES string of the molecule is CCOc1c(C#N)ccc(C(C)=O)c1N. The number of ketones is 1. The van der Waals surface area contributed by atoms with Crippen molar-refractivity contribution in [2.75, 3.05) is 12.3 Å². The molecule has 0 amide bonds. The van der Waals surface area contributed by atoms with Crippen LogP contribution in [-0.4, -0.2) is 12.4 Å². The molecule has 0 unspecified atom stereocenters. The second kappa shape index (κ2) is 4.47. The zero-order valence-corrected chi connectivity index (χ0v) is 8.70.